The van der Waals surface area contributed by atoms with Crippen molar-refractivity contribution in [3.8, 4) is 5.88 Å². The van der Waals surface area contributed by atoms with Crippen LogP contribution in [-0.4, -0.2) is 58.0 Å². The summed E-state index contributed by atoms with van der Waals surface area (Å²) in [5.74, 6) is 1.58. The molecule has 2 aliphatic heterocycles. The zero-order valence-corrected chi connectivity index (χ0v) is 17.1. The van der Waals surface area contributed by atoms with Crippen molar-refractivity contribution < 1.29 is 9.53 Å². The SMILES string of the molecule is COc1nc2c(cc1Nc1ncc3ccnc(N4CCCC4=O)c3n1)CN(C)CC2. The van der Waals surface area contributed by atoms with Gasteiger partial charge in [-0.3, -0.25) is 9.69 Å². The number of ether oxygens (including phenoxy) is 1. The molecule has 3 aromatic heterocycles. The molecule has 9 heteroatoms. The third kappa shape index (κ3) is 3.30. The Kier molecular flexibility index (Phi) is 4.66. The molecule has 0 aromatic carbocycles. The maximum atomic E-state index is 12.2. The van der Waals surface area contributed by atoms with E-state index in [1.807, 2.05) is 6.07 Å². The molecule has 154 valence electrons. The lowest BCUT2D eigenvalue weighted by molar-refractivity contribution is -0.117. The van der Waals surface area contributed by atoms with Gasteiger partial charge in [-0.15, -0.1) is 0 Å². The molecule has 0 bridgehead atoms. The molecule has 5 heterocycles. The molecule has 30 heavy (non-hydrogen) atoms. The number of methoxy groups -OCH3 is 1. The number of likely N-dealkylation sites (N-methyl/N-ethyl adjacent to an activating group) is 1. The predicted molar refractivity (Wildman–Crippen MR) is 113 cm³/mol. The Morgan fingerprint density at radius 2 is 2.07 bits per heavy atom. The predicted octanol–water partition coefficient (Wildman–Crippen LogP) is 2.29. The van der Waals surface area contributed by atoms with Gasteiger partial charge >= 0.3 is 0 Å². The van der Waals surface area contributed by atoms with Crippen molar-refractivity contribution in [2.24, 2.45) is 0 Å². The van der Waals surface area contributed by atoms with Crippen molar-refractivity contribution in [1.29, 1.82) is 0 Å². The third-order valence-electron chi connectivity index (χ3n) is 5.58. The van der Waals surface area contributed by atoms with Crippen molar-refractivity contribution in [2.75, 3.05) is 37.5 Å². The van der Waals surface area contributed by atoms with E-state index >= 15 is 0 Å². The molecule has 1 amide bonds. The van der Waals surface area contributed by atoms with E-state index in [4.69, 9.17) is 4.74 Å². The van der Waals surface area contributed by atoms with Crippen LogP contribution in [0.3, 0.4) is 0 Å². The summed E-state index contributed by atoms with van der Waals surface area (Å²) in [5, 5.41) is 4.09. The standard InChI is InChI=1S/C21H23N7O2/c1-27-9-6-15-14(12-27)10-16(20(24-15)30-2)25-21-23-11-13-5-7-22-19(18(13)26-21)28-8-3-4-17(28)29/h5,7,10-11H,3-4,6,8-9,12H2,1-2H3,(H,23,25,26). The quantitative estimate of drug-likeness (QED) is 0.706. The Bertz CT molecular complexity index is 1130. The molecule has 0 unspecified atom stereocenters. The van der Waals surface area contributed by atoms with Gasteiger partial charge in [-0.25, -0.2) is 19.9 Å². The van der Waals surface area contributed by atoms with E-state index in [0.717, 1.165) is 42.6 Å². The molecule has 0 spiro atoms. The van der Waals surface area contributed by atoms with Crippen LogP contribution in [0, 0.1) is 0 Å². The van der Waals surface area contributed by atoms with Crippen LogP contribution in [-0.2, 0) is 17.8 Å². The molecular weight excluding hydrogens is 382 g/mol. The van der Waals surface area contributed by atoms with Crippen molar-refractivity contribution in [1.82, 2.24) is 24.8 Å². The summed E-state index contributed by atoms with van der Waals surface area (Å²) in [7, 11) is 3.71. The summed E-state index contributed by atoms with van der Waals surface area (Å²) in [6.07, 6.45) is 5.70. The number of carbonyl (C=O) groups excluding carboxylic acids is 1. The number of nitrogens with zero attached hydrogens (tertiary/aromatic N) is 6. The average molecular weight is 405 g/mol. The Balaban J connectivity index is 1.53. The lowest BCUT2D eigenvalue weighted by Gasteiger charge is -2.25. The van der Waals surface area contributed by atoms with Crippen molar-refractivity contribution in [2.45, 2.75) is 25.8 Å². The molecule has 0 saturated carbocycles. The number of pyridine rings is 2. The second-order valence-electron chi connectivity index (χ2n) is 7.68. The van der Waals surface area contributed by atoms with E-state index in [-0.39, 0.29) is 5.91 Å². The first-order valence-electron chi connectivity index (χ1n) is 10.1. The summed E-state index contributed by atoms with van der Waals surface area (Å²) >= 11 is 0. The van der Waals surface area contributed by atoms with Gasteiger partial charge in [0.25, 0.3) is 0 Å². The number of hydrogen-bond acceptors (Lipinski definition) is 8. The largest absolute Gasteiger partial charge is 0.480 e. The Morgan fingerprint density at radius 3 is 2.87 bits per heavy atom. The summed E-state index contributed by atoms with van der Waals surface area (Å²) in [6, 6.07) is 3.90. The molecule has 0 radical (unpaired) electrons. The molecule has 9 nitrogen and oxygen atoms in total. The Labute approximate surface area is 174 Å². The fraction of sp³-hybridized carbons (Fsp3) is 0.381. The normalized spacial score (nSPS) is 16.7. The molecule has 0 aliphatic carbocycles. The molecule has 1 saturated heterocycles. The second-order valence-corrected chi connectivity index (χ2v) is 7.68. The zero-order valence-electron chi connectivity index (χ0n) is 17.1. The lowest BCUT2D eigenvalue weighted by atomic mass is 10.1. The van der Waals surface area contributed by atoms with Crippen LogP contribution in [0.5, 0.6) is 5.88 Å². The number of fused-ring (bicyclic) bond motifs is 2. The molecule has 0 atom stereocenters. The maximum absolute atomic E-state index is 12.2. The number of amides is 1. The first-order chi connectivity index (χ1) is 14.6. The minimum Gasteiger partial charge on any atom is -0.480 e. The number of rotatable bonds is 4. The van der Waals surface area contributed by atoms with Gasteiger partial charge in [0.05, 0.1) is 12.8 Å². The van der Waals surface area contributed by atoms with E-state index < -0.39 is 0 Å². The number of nitrogens with one attached hydrogen (secondary N) is 1. The fourth-order valence-corrected chi connectivity index (χ4v) is 4.03. The van der Waals surface area contributed by atoms with Crippen molar-refractivity contribution in [3.63, 3.8) is 0 Å². The molecule has 1 N–H and O–H groups in total. The van der Waals surface area contributed by atoms with Gasteiger partial charge in [-0.2, -0.15) is 0 Å². The van der Waals surface area contributed by atoms with Gasteiger partial charge in [-0.05, 0) is 31.2 Å². The molecule has 3 aromatic rings. The van der Waals surface area contributed by atoms with E-state index in [1.54, 1.807) is 24.4 Å². The molecule has 5 rings (SSSR count). The van der Waals surface area contributed by atoms with E-state index in [9.17, 15) is 4.79 Å². The van der Waals surface area contributed by atoms with Gasteiger partial charge in [0, 0.05) is 50.3 Å². The first kappa shape index (κ1) is 18.7. The number of carbonyl (C=O) groups is 1. The molecule has 2 aliphatic rings. The van der Waals surface area contributed by atoms with E-state index in [2.05, 4.69) is 43.3 Å². The minimum absolute atomic E-state index is 0.0767. The van der Waals surface area contributed by atoms with Crippen LogP contribution in [0.4, 0.5) is 17.5 Å². The highest BCUT2D eigenvalue weighted by Gasteiger charge is 2.25. The first-order valence-corrected chi connectivity index (χ1v) is 10.1. The topological polar surface area (TPSA) is 96.4 Å². The van der Waals surface area contributed by atoms with Crippen LogP contribution in [0.2, 0.25) is 0 Å². The van der Waals surface area contributed by atoms with Crippen LogP contribution in [0.15, 0.2) is 24.5 Å². The van der Waals surface area contributed by atoms with Gasteiger partial charge < -0.3 is 15.0 Å². The van der Waals surface area contributed by atoms with Gasteiger partial charge in [-0.1, -0.05) is 0 Å². The fourth-order valence-electron chi connectivity index (χ4n) is 4.03. The third-order valence-corrected chi connectivity index (χ3v) is 5.58. The van der Waals surface area contributed by atoms with Crippen LogP contribution in [0.25, 0.3) is 10.9 Å². The summed E-state index contributed by atoms with van der Waals surface area (Å²) in [6.45, 7) is 2.48. The lowest BCUT2D eigenvalue weighted by Crippen LogP contribution is -2.27. The van der Waals surface area contributed by atoms with E-state index in [0.29, 0.717) is 41.8 Å². The van der Waals surface area contributed by atoms with Crippen molar-refractivity contribution in [3.05, 3.63) is 35.8 Å². The van der Waals surface area contributed by atoms with Crippen LogP contribution in [0.1, 0.15) is 24.1 Å². The van der Waals surface area contributed by atoms with Gasteiger partial charge in [0.2, 0.25) is 17.7 Å². The Morgan fingerprint density at radius 1 is 1.17 bits per heavy atom. The summed E-state index contributed by atoms with van der Waals surface area (Å²) in [4.78, 5) is 34.4. The highest BCUT2D eigenvalue weighted by molar-refractivity contribution is 6.01. The number of aromatic nitrogens is 4. The smallest absolute Gasteiger partial charge is 0.237 e. The monoisotopic (exact) mass is 405 g/mol. The van der Waals surface area contributed by atoms with E-state index in [1.165, 1.54) is 0 Å². The molecular formula is C21H23N7O2. The second kappa shape index (κ2) is 7.49. The van der Waals surface area contributed by atoms with Crippen LogP contribution >= 0.6 is 0 Å². The molecule has 1 fully saturated rings. The summed E-state index contributed by atoms with van der Waals surface area (Å²) in [5.41, 5.74) is 3.59. The van der Waals surface area contributed by atoms with Crippen molar-refractivity contribution >= 4 is 34.3 Å². The minimum atomic E-state index is 0.0767. The zero-order chi connectivity index (χ0) is 20.7. The maximum Gasteiger partial charge on any atom is 0.237 e. The summed E-state index contributed by atoms with van der Waals surface area (Å²) < 4.78 is 5.51. The van der Waals surface area contributed by atoms with Crippen LogP contribution < -0.4 is 15.0 Å². The van der Waals surface area contributed by atoms with Gasteiger partial charge in [0.1, 0.15) is 11.2 Å². The number of anilines is 3. The highest BCUT2D eigenvalue weighted by Crippen LogP contribution is 2.31. The average Bonchev–Trinajstić information content (AvgIpc) is 3.18. The van der Waals surface area contributed by atoms with Gasteiger partial charge in [0.15, 0.2) is 5.82 Å². The number of hydrogen-bond donors (Lipinski definition) is 1. The Hall–Kier alpha value is -3.33. The highest BCUT2D eigenvalue weighted by atomic mass is 16.5.